The number of carbonyl (C=O) groups is 2. The Balaban J connectivity index is 1.42. The predicted octanol–water partition coefficient (Wildman–Crippen LogP) is 4.91. The molecule has 1 saturated carbocycles. The van der Waals surface area contributed by atoms with E-state index in [2.05, 4.69) is 4.98 Å². The summed E-state index contributed by atoms with van der Waals surface area (Å²) < 4.78 is 11.2. The van der Waals surface area contributed by atoms with Gasteiger partial charge < -0.3 is 9.47 Å². The van der Waals surface area contributed by atoms with E-state index in [0.29, 0.717) is 16.6 Å². The van der Waals surface area contributed by atoms with Crippen LogP contribution in [0.2, 0.25) is 0 Å². The first-order valence-electron chi connectivity index (χ1n) is 9.56. The summed E-state index contributed by atoms with van der Waals surface area (Å²) >= 11 is 2.55. The van der Waals surface area contributed by atoms with E-state index in [0.717, 1.165) is 17.7 Å². The zero-order valence-corrected chi connectivity index (χ0v) is 18.2. The van der Waals surface area contributed by atoms with E-state index in [1.165, 1.54) is 23.1 Å². The first-order chi connectivity index (χ1) is 14.4. The average molecular weight is 441 g/mol. The van der Waals surface area contributed by atoms with Gasteiger partial charge in [-0.25, -0.2) is 4.98 Å². The number of nitrogens with zero attached hydrogens (tertiary/aromatic N) is 2. The van der Waals surface area contributed by atoms with Gasteiger partial charge in [-0.05, 0) is 29.9 Å². The maximum Gasteiger partial charge on any atom is 0.311 e. The zero-order chi connectivity index (χ0) is 21.3. The van der Waals surface area contributed by atoms with Crippen LogP contribution in [-0.4, -0.2) is 21.8 Å². The minimum absolute atomic E-state index is 0.0607. The Morgan fingerprint density at radius 2 is 2.13 bits per heavy atom. The van der Waals surface area contributed by atoms with Gasteiger partial charge in [0.05, 0.1) is 5.92 Å². The number of carbonyl (C=O) groups excluding carboxylic acids is 2. The van der Waals surface area contributed by atoms with Gasteiger partial charge in [-0.3, -0.25) is 9.59 Å². The zero-order valence-electron chi connectivity index (χ0n) is 16.5. The SMILES string of the molecule is CC1(C)[C@H](C(=O)O[C@@H](C#N)c2csc(Oc3ccccc3)n2)[C@@H]1C=C1CCSC1=O. The van der Waals surface area contributed by atoms with E-state index in [1.54, 1.807) is 17.5 Å². The van der Waals surface area contributed by atoms with Crippen molar-refractivity contribution >= 4 is 34.2 Å². The number of nitriles is 1. The van der Waals surface area contributed by atoms with E-state index in [4.69, 9.17) is 9.47 Å². The molecule has 0 unspecified atom stereocenters. The number of rotatable bonds is 6. The number of ether oxygens (including phenoxy) is 2. The number of hydrogen-bond donors (Lipinski definition) is 0. The van der Waals surface area contributed by atoms with Crippen molar-refractivity contribution in [2.24, 2.45) is 17.3 Å². The molecule has 4 rings (SSSR count). The highest BCUT2D eigenvalue weighted by Gasteiger charge is 2.62. The number of esters is 1. The Hall–Kier alpha value is -2.63. The molecule has 30 heavy (non-hydrogen) atoms. The largest absolute Gasteiger partial charge is 0.440 e. The molecule has 1 saturated heterocycles. The first kappa shape index (κ1) is 20.6. The van der Waals surface area contributed by atoms with E-state index in [9.17, 15) is 14.9 Å². The highest BCUT2D eigenvalue weighted by molar-refractivity contribution is 8.14. The van der Waals surface area contributed by atoms with Gasteiger partial charge in [0.25, 0.3) is 5.19 Å². The van der Waals surface area contributed by atoms with Gasteiger partial charge in [-0.2, -0.15) is 5.26 Å². The molecule has 8 heteroatoms. The van der Waals surface area contributed by atoms with Crippen molar-refractivity contribution in [3.05, 3.63) is 53.1 Å². The fourth-order valence-corrected chi connectivity index (χ4v) is 5.19. The van der Waals surface area contributed by atoms with Crippen molar-refractivity contribution in [3.63, 3.8) is 0 Å². The maximum atomic E-state index is 12.8. The van der Waals surface area contributed by atoms with Gasteiger partial charge in [-0.15, -0.1) is 0 Å². The van der Waals surface area contributed by atoms with Crippen LogP contribution in [0.15, 0.2) is 47.4 Å². The standard InChI is InChI=1S/C22H20N2O4S2/c1-22(2)15(10-13-8-9-29-20(13)26)18(22)19(25)28-17(11-23)16-12-30-21(24-16)27-14-6-4-3-5-7-14/h3-7,10,12,15,17-18H,8-9H2,1-2H3/t15-,17-,18-/m0/s1. The number of para-hydroxylation sites is 1. The molecule has 2 fully saturated rings. The smallest absolute Gasteiger partial charge is 0.311 e. The normalized spacial score (nSPS) is 24.3. The average Bonchev–Trinajstić information content (AvgIpc) is 3.08. The first-order valence-corrected chi connectivity index (χ1v) is 11.4. The van der Waals surface area contributed by atoms with Crippen LogP contribution in [0.25, 0.3) is 0 Å². The Morgan fingerprint density at radius 1 is 1.37 bits per heavy atom. The molecule has 3 atom stereocenters. The molecule has 0 bridgehead atoms. The van der Waals surface area contributed by atoms with Gasteiger partial charge in [-0.1, -0.05) is 61.2 Å². The fraction of sp³-hybridized carbons (Fsp3) is 0.364. The summed E-state index contributed by atoms with van der Waals surface area (Å²) in [5.74, 6) is 0.553. The molecule has 2 aromatic rings. The summed E-state index contributed by atoms with van der Waals surface area (Å²) in [7, 11) is 0. The highest BCUT2D eigenvalue weighted by Crippen LogP contribution is 2.60. The lowest BCUT2D eigenvalue weighted by molar-refractivity contribution is -0.149. The van der Waals surface area contributed by atoms with Crippen LogP contribution >= 0.6 is 23.1 Å². The highest BCUT2D eigenvalue weighted by atomic mass is 32.2. The van der Waals surface area contributed by atoms with Crippen LogP contribution < -0.4 is 4.74 Å². The summed E-state index contributed by atoms with van der Waals surface area (Å²) in [5, 5.41) is 11.7. The van der Waals surface area contributed by atoms with E-state index >= 15 is 0 Å². The third kappa shape index (κ3) is 4.13. The number of benzene rings is 1. The van der Waals surface area contributed by atoms with Crippen molar-refractivity contribution in [1.82, 2.24) is 4.98 Å². The van der Waals surface area contributed by atoms with Crippen molar-refractivity contribution < 1.29 is 19.1 Å². The monoisotopic (exact) mass is 440 g/mol. The molecule has 0 amide bonds. The molecule has 0 radical (unpaired) electrons. The lowest BCUT2D eigenvalue weighted by atomic mass is 10.1. The number of allylic oxidation sites excluding steroid dienone is 1. The topological polar surface area (TPSA) is 89.3 Å². The van der Waals surface area contributed by atoms with E-state index < -0.39 is 12.1 Å². The fourth-order valence-electron chi connectivity index (χ4n) is 3.62. The van der Waals surface area contributed by atoms with Gasteiger partial charge in [0, 0.05) is 16.7 Å². The van der Waals surface area contributed by atoms with Crippen LogP contribution in [0.1, 0.15) is 32.1 Å². The Morgan fingerprint density at radius 3 is 2.80 bits per heavy atom. The summed E-state index contributed by atoms with van der Waals surface area (Å²) in [4.78, 5) is 29.0. The Labute approximate surface area is 182 Å². The van der Waals surface area contributed by atoms with Crippen LogP contribution in [0, 0.1) is 28.6 Å². The van der Waals surface area contributed by atoms with Crippen LogP contribution in [0.3, 0.4) is 0 Å². The summed E-state index contributed by atoms with van der Waals surface area (Å²) in [6.45, 7) is 3.95. The second-order valence-corrected chi connectivity index (χ2v) is 9.69. The Kier molecular flexibility index (Phi) is 5.67. The molecule has 1 aromatic heterocycles. The molecule has 1 aliphatic carbocycles. The third-order valence-corrected chi connectivity index (χ3v) is 7.15. The molecule has 1 aromatic carbocycles. The molecule has 2 heterocycles. The van der Waals surface area contributed by atoms with E-state index in [1.807, 2.05) is 44.2 Å². The van der Waals surface area contributed by atoms with Crippen LogP contribution in [-0.2, 0) is 14.3 Å². The van der Waals surface area contributed by atoms with Crippen molar-refractivity contribution in [2.45, 2.75) is 26.4 Å². The lowest BCUT2D eigenvalue weighted by Gasteiger charge is -2.09. The lowest BCUT2D eigenvalue weighted by Crippen LogP contribution is -2.14. The van der Waals surface area contributed by atoms with Gasteiger partial charge >= 0.3 is 5.97 Å². The third-order valence-electron chi connectivity index (χ3n) is 5.48. The summed E-state index contributed by atoms with van der Waals surface area (Å²) in [5.41, 5.74) is 0.825. The van der Waals surface area contributed by atoms with E-state index in [-0.39, 0.29) is 22.4 Å². The van der Waals surface area contributed by atoms with Gasteiger partial charge in [0.1, 0.15) is 17.5 Å². The maximum absolute atomic E-state index is 12.8. The molecule has 2 aliphatic rings. The molecule has 154 valence electrons. The number of thioether (sulfide) groups is 1. The number of hydrogen-bond acceptors (Lipinski definition) is 8. The molecular weight excluding hydrogens is 420 g/mol. The van der Waals surface area contributed by atoms with Crippen LogP contribution in [0.4, 0.5) is 0 Å². The molecule has 1 aliphatic heterocycles. The van der Waals surface area contributed by atoms with Crippen molar-refractivity contribution in [1.29, 1.82) is 5.26 Å². The minimum atomic E-state index is -1.10. The van der Waals surface area contributed by atoms with Crippen LogP contribution in [0.5, 0.6) is 10.9 Å². The second-order valence-electron chi connectivity index (χ2n) is 7.80. The summed E-state index contributed by atoms with van der Waals surface area (Å²) in [6, 6.07) is 11.2. The number of aromatic nitrogens is 1. The van der Waals surface area contributed by atoms with Crippen molar-refractivity contribution in [2.75, 3.05) is 5.75 Å². The summed E-state index contributed by atoms with van der Waals surface area (Å²) in [6.07, 6.45) is 1.56. The van der Waals surface area contributed by atoms with Gasteiger partial charge in [0.2, 0.25) is 11.2 Å². The van der Waals surface area contributed by atoms with Gasteiger partial charge in [0.15, 0.2) is 0 Å². The second kappa shape index (κ2) is 8.25. The van der Waals surface area contributed by atoms with Crippen molar-refractivity contribution in [3.8, 4) is 17.0 Å². The minimum Gasteiger partial charge on any atom is -0.440 e. The molecule has 0 spiro atoms. The predicted molar refractivity (Wildman–Crippen MR) is 114 cm³/mol. The molecule has 6 nitrogen and oxygen atoms in total. The molecule has 0 N–H and O–H groups in total. The number of thiazole rings is 1. The Bertz CT molecular complexity index is 1040. The molecular formula is C22H20N2O4S2. The quantitative estimate of drug-likeness (QED) is 0.466.